The number of hydrogen-bond donors (Lipinski definition) is 3. The third kappa shape index (κ3) is 6.02. The van der Waals surface area contributed by atoms with Gasteiger partial charge < -0.3 is 10.6 Å². The van der Waals surface area contributed by atoms with Crippen molar-refractivity contribution >= 4 is 11.9 Å². The summed E-state index contributed by atoms with van der Waals surface area (Å²) in [5, 5.41) is 8.43. The Kier molecular flexibility index (Phi) is 5.31. The second kappa shape index (κ2) is 6.34. The average Bonchev–Trinajstić information content (AvgIpc) is 2.20. The van der Waals surface area contributed by atoms with Crippen molar-refractivity contribution in [3.05, 3.63) is 0 Å². The van der Waals surface area contributed by atoms with Gasteiger partial charge in [-0.3, -0.25) is 15.0 Å². The number of carbonyl (C=O) groups excluding carboxylic acids is 2. The average molecular weight is 270 g/mol. The number of carbonyl (C=O) groups is 2. The molecule has 2 atom stereocenters. The highest BCUT2D eigenvalue weighted by atomic mass is 16.2. The molecule has 0 aromatic carbocycles. The molecule has 3 N–H and O–H groups in total. The molecule has 19 heavy (non-hydrogen) atoms. The van der Waals surface area contributed by atoms with Gasteiger partial charge in [0.1, 0.15) is 0 Å². The summed E-state index contributed by atoms with van der Waals surface area (Å²) in [6.45, 7) is 11.7. The molecule has 3 amide bonds. The fourth-order valence-electron chi connectivity index (χ4n) is 2.04. The maximum atomic E-state index is 11.8. The maximum absolute atomic E-state index is 11.8. The van der Waals surface area contributed by atoms with Gasteiger partial charge in [0.2, 0.25) is 5.91 Å². The standard InChI is InChI=1S/C13H26N4O2/c1-9-7-17(10(2)6-14-9)8-11(18)15-12(19)16-13(3,4)5/h9-10,14H,6-8H2,1-5H3,(H2,15,16,18,19). The Labute approximate surface area is 115 Å². The molecule has 1 aliphatic rings. The van der Waals surface area contributed by atoms with E-state index in [1.165, 1.54) is 0 Å². The molecule has 1 fully saturated rings. The summed E-state index contributed by atoms with van der Waals surface area (Å²) < 4.78 is 0. The number of amides is 3. The lowest BCUT2D eigenvalue weighted by Crippen LogP contribution is -2.57. The van der Waals surface area contributed by atoms with Gasteiger partial charge in [0.05, 0.1) is 6.54 Å². The van der Waals surface area contributed by atoms with Gasteiger partial charge in [-0.05, 0) is 34.6 Å². The second-order valence-corrected chi connectivity index (χ2v) is 6.34. The predicted octanol–water partition coefficient (Wildman–Crippen LogP) is 0.293. The molecule has 1 aliphatic heterocycles. The van der Waals surface area contributed by atoms with Crippen LogP contribution in [-0.4, -0.2) is 54.1 Å². The predicted molar refractivity (Wildman–Crippen MR) is 74.9 cm³/mol. The Morgan fingerprint density at radius 3 is 2.53 bits per heavy atom. The van der Waals surface area contributed by atoms with Gasteiger partial charge in [0.15, 0.2) is 0 Å². The van der Waals surface area contributed by atoms with Crippen LogP contribution in [-0.2, 0) is 4.79 Å². The molecule has 1 rings (SSSR count). The number of nitrogens with one attached hydrogen (secondary N) is 3. The fraction of sp³-hybridized carbons (Fsp3) is 0.846. The van der Waals surface area contributed by atoms with Gasteiger partial charge in [-0.1, -0.05) is 0 Å². The number of urea groups is 1. The van der Waals surface area contributed by atoms with Crippen molar-refractivity contribution in [2.24, 2.45) is 0 Å². The molecule has 6 heteroatoms. The second-order valence-electron chi connectivity index (χ2n) is 6.34. The molecular formula is C13H26N4O2. The molecule has 0 spiro atoms. The molecule has 110 valence electrons. The minimum Gasteiger partial charge on any atom is -0.333 e. The number of rotatable bonds is 2. The van der Waals surface area contributed by atoms with Gasteiger partial charge in [-0.15, -0.1) is 0 Å². The van der Waals surface area contributed by atoms with Crippen LogP contribution in [0.5, 0.6) is 0 Å². The van der Waals surface area contributed by atoms with Crippen LogP contribution >= 0.6 is 0 Å². The van der Waals surface area contributed by atoms with Crippen molar-refractivity contribution < 1.29 is 9.59 Å². The summed E-state index contributed by atoms with van der Waals surface area (Å²) in [4.78, 5) is 25.5. The lowest BCUT2D eigenvalue weighted by Gasteiger charge is -2.36. The Morgan fingerprint density at radius 1 is 1.32 bits per heavy atom. The van der Waals surface area contributed by atoms with Crippen LogP contribution in [0.2, 0.25) is 0 Å². The monoisotopic (exact) mass is 270 g/mol. The summed E-state index contributed by atoms with van der Waals surface area (Å²) >= 11 is 0. The van der Waals surface area contributed by atoms with Crippen LogP contribution in [0.15, 0.2) is 0 Å². The topological polar surface area (TPSA) is 73.5 Å². The minimum absolute atomic E-state index is 0.255. The highest BCUT2D eigenvalue weighted by Gasteiger charge is 2.25. The normalized spacial score (nSPS) is 24.9. The Hall–Kier alpha value is -1.14. The van der Waals surface area contributed by atoms with E-state index in [2.05, 4.69) is 34.7 Å². The van der Waals surface area contributed by atoms with Gasteiger partial charge >= 0.3 is 6.03 Å². The van der Waals surface area contributed by atoms with Gasteiger partial charge in [0, 0.05) is 30.7 Å². The van der Waals surface area contributed by atoms with Gasteiger partial charge in [-0.25, -0.2) is 4.79 Å². The summed E-state index contributed by atoms with van der Waals surface area (Å²) in [5.74, 6) is -0.261. The molecule has 1 heterocycles. The molecule has 0 saturated carbocycles. The van der Waals surface area contributed by atoms with Crippen molar-refractivity contribution in [1.82, 2.24) is 20.9 Å². The number of nitrogens with zero attached hydrogens (tertiary/aromatic N) is 1. The van der Waals surface area contributed by atoms with Crippen molar-refractivity contribution in [3.8, 4) is 0 Å². The quantitative estimate of drug-likeness (QED) is 0.674. The van der Waals surface area contributed by atoms with E-state index < -0.39 is 6.03 Å². The summed E-state index contributed by atoms with van der Waals surface area (Å²) in [5.41, 5.74) is -0.346. The number of piperazine rings is 1. The number of hydrogen-bond acceptors (Lipinski definition) is 4. The highest BCUT2D eigenvalue weighted by Crippen LogP contribution is 2.05. The maximum Gasteiger partial charge on any atom is 0.321 e. The molecule has 0 aliphatic carbocycles. The van der Waals surface area contributed by atoms with E-state index >= 15 is 0 Å². The van der Waals surface area contributed by atoms with E-state index in [1.54, 1.807) is 0 Å². The van der Waals surface area contributed by atoms with Crippen LogP contribution in [0, 0.1) is 0 Å². The summed E-state index contributed by atoms with van der Waals surface area (Å²) in [6.07, 6.45) is 0. The zero-order chi connectivity index (χ0) is 14.6. The van der Waals surface area contributed by atoms with E-state index in [1.807, 2.05) is 20.8 Å². The van der Waals surface area contributed by atoms with Crippen LogP contribution in [0.1, 0.15) is 34.6 Å². The first-order chi connectivity index (χ1) is 8.67. The summed E-state index contributed by atoms with van der Waals surface area (Å²) in [7, 11) is 0. The number of imide groups is 1. The van der Waals surface area contributed by atoms with E-state index in [0.29, 0.717) is 12.1 Å². The molecule has 0 aromatic rings. The van der Waals surface area contributed by atoms with Crippen molar-refractivity contribution in [3.63, 3.8) is 0 Å². The molecular weight excluding hydrogens is 244 g/mol. The van der Waals surface area contributed by atoms with Crippen molar-refractivity contribution in [2.45, 2.75) is 52.2 Å². The lowest BCUT2D eigenvalue weighted by atomic mass is 10.1. The fourth-order valence-corrected chi connectivity index (χ4v) is 2.04. The van der Waals surface area contributed by atoms with Crippen molar-refractivity contribution in [2.75, 3.05) is 19.6 Å². The van der Waals surface area contributed by atoms with E-state index in [-0.39, 0.29) is 18.0 Å². The largest absolute Gasteiger partial charge is 0.333 e. The molecule has 1 saturated heterocycles. The highest BCUT2D eigenvalue weighted by molar-refractivity contribution is 5.95. The first kappa shape index (κ1) is 15.9. The van der Waals surface area contributed by atoms with Crippen LogP contribution in [0.3, 0.4) is 0 Å². The first-order valence-corrected chi connectivity index (χ1v) is 6.77. The SMILES string of the molecule is CC1CN(CC(=O)NC(=O)NC(C)(C)C)C(C)CN1. The van der Waals surface area contributed by atoms with E-state index in [4.69, 9.17) is 0 Å². The van der Waals surface area contributed by atoms with Gasteiger partial charge in [0.25, 0.3) is 0 Å². The third-order valence-electron chi connectivity index (χ3n) is 2.98. The van der Waals surface area contributed by atoms with E-state index in [0.717, 1.165) is 13.1 Å². The van der Waals surface area contributed by atoms with Crippen LogP contribution in [0.25, 0.3) is 0 Å². The Balaban J connectivity index is 2.40. The molecule has 0 radical (unpaired) electrons. The molecule has 2 unspecified atom stereocenters. The lowest BCUT2D eigenvalue weighted by molar-refractivity contribution is -0.122. The third-order valence-corrected chi connectivity index (χ3v) is 2.98. The first-order valence-electron chi connectivity index (χ1n) is 6.77. The minimum atomic E-state index is -0.437. The zero-order valence-corrected chi connectivity index (χ0v) is 12.5. The Morgan fingerprint density at radius 2 is 1.95 bits per heavy atom. The molecule has 6 nitrogen and oxygen atoms in total. The van der Waals surface area contributed by atoms with E-state index in [9.17, 15) is 9.59 Å². The Bertz CT molecular complexity index is 338. The van der Waals surface area contributed by atoms with Crippen LogP contribution in [0.4, 0.5) is 4.79 Å². The van der Waals surface area contributed by atoms with Crippen LogP contribution < -0.4 is 16.0 Å². The smallest absolute Gasteiger partial charge is 0.321 e. The molecule has 0 bridgehead atoms. The summed E-state index contributed by atoms with van der Waals surface area (Å²) in [6, 6.07) is 0.230. The van der Waals surface area contributed by atoms with Gasteiger partial charge in [-0.2, -0.15) is 0 Å². The zero-order valence-electron chi connectivity index (χ0n) is 12.5. The van der Waals surface area contributed by atoms with Crippen molar-refractivity contribution in [1.29, 1.82) is 0 Å². The molecule has 0 aromatic heterocycles.